The van der Waals surface area contributed by atoms with Gasteiger partial charge in [-0.2, -0.15) is 0 Å². The first-order valence-corrected chi connectivity index (χ1v) is 7.49. The molecule has 0 saturated heterocycles. The van der Waals surface area contributed by atoms with Gasteiger partial charge in [0.2, 0.25) is 0 Å². The van der Waals surface area contributed by atoms with Gasteiger partial charge in [-0.1, -0.05) is 29.8 Å². The van der Waals surface area contributed by atoms with E-state index in [0.29, 0.717) is 38.4 Å². The quantitative estimate of drug-likeness (QED) is 0.636. The number of benzene rings is 2. The molecule has 23 heavy (non-hydrogen) atoms. The highest BCUT2D eigenvalue weighted by atomic mass is 35.5. The van der Waals surface area contributed by atoms with E-state index in [9.17, 15) is 9.59 Å². The van der Waals surface area contributed by atoms with Gasteiger partial charge in [-0.3, -0.25) is 14.6 Å². The summed E-state index contributed by atoms with van der Waals surface area (Å²) in [5.74, 6) is -0.683. The topological polar surface area (TPSA) is 50.3 Å². The summed E-state index contributed by atoms with van der Waals surface area (Å²) in [5.41, 5.74) is 2.49. The molecular formula is C18H11ClN2O2. The second kappa shape index (κ2) is 4.89. The molecule has 112 valence electrons. The van der Waals surface area contributed by atoms with Gasteiger partial charge >= 0.3 is 0 Å². The number of hydrogen-bond donors (Lipinski definition) is 0. The standard InChI is InChI=1S/C18H11ClN2O2/c1-10-15-16(13-9-11(19)7-8-14(13)20-10)18(23)21(17(15)22)12-5-3-2-4-6-12/h2-9H,1H3. The molecule has 0 fully saturated rings. The zero-order valence-electron chi connectivity index (χ0n) is 12.2. The van der Waals surface area contributed by atoms with E-state index in [0.717, 1.165) is 0 Å². The van der Waals surface area contributed by atoms with Crippen LogP contribution < -0.4 is 4.90 Å². The second-order valence-electron chi connectivity index (χ2n) is 5.39. The van der Waals surface area contributed by atoms with Crippen LogP contribution in [0.2, 0.25) is 5.02 Å². The Morgan fingerprint density at radius 2 is 1.65 bits per heavy atom. The van der Waals surface area contributed by atoms with Crippen molar-refractivity contribution in [3.63, 3.8) is 0 Å². The number of halogens is 1. The number of nitrogens with zero attached hydrogens (tertiary/aromatic N) is 2. The molecule has 0 radical (unpaired) electrons. The molecule has 2 amide bonds. The van der Waals surface area contributed by atoms with Crippen LogP contribution in [0, 0.1) is 6.92 Å². The average Bonchev–Trinajstić information content (AvgIpc) is 2.81. The van der Waals surface area contributed by atoms with Crippen LogP contribution >= 0.6 is 11.6 Å². The Morgan fingerprint density at radius 1 is 0.957 bits per heavy atom. The minimum atomic E-state index is -0.344. The molecule has 4 nitrogen and oxygen atoms in total. The van der Waals surface area contributed by atoms with Gasteiger partial charge in [-0.25, -0.2) is 4.90 Å². The summed E-state index contributed by atoms with van der Waals surface area (Å²) in [6, 6.07) is 14.1. The SMILES string of the molecule is Cc1nc2ccc(Cl)cc2c2c1C(=O)N(c1ccccc1)C2=O. The molecule has 5 heteroatoms. The van der Waals surface area contributed by atoms with Crippen LogP contribution in [0.3, 0.4) is 0 Å². The average molecular weight is 323 g/mol. The van der Waals surface area contributed by atoms with Crippen molar-refractivity contribution in [3.05, 3.63) is 70.4 Å². The number of aromatic nitrogens is 1. The molecule has 0 spiro atoms. The smallest absolute Gasteiger partial charge is 0.268 e. The molecule has 1 aliphatic rings. The number of carbonyl (C=O) groups is 2. The highest BCUT2D eigenvalue weighted by Gasteiger charge is 2.39. The number of imide groups is 1. The van der Waals surface area contributed by atoms with Crippen molar-refractivity contribution in [3.8, 4) is 0 Å². The van der Waals surface area contributed by atoms with Crippen molar-refractivity contribution >= 4 is 40.0 Å². The fourth-order valence-electron chi connectivity index (χ4n) is 2.97. The zero-order valence-corrected chi connectivity index (χ0v) is 13.0. The van der Waals surface area contributed by atoms with Gasteiger partial charge in [-0.15, -0.1) is 0 Å². The van der Waals surface area contributed by atoms with Crippen LogP contribution in [0.15, 0.2) is 48.5 Å². The number of anilines is 1. The first-order chi connectivity index (χ1) is 11.1. The molecule has 1 aromatic heterocycles. The summed E-state index contributed by atoms with van der Waals surface area (Å²) in [5, 5.41) is 1.11. The number of fused-ring (bicyclic) bond motifs is 3. The maximum atomic E-state index is 12.9. The molecule has 4 rings (SSSR count). The first kappa shape index (κ1) is 13.9. The minimum Gasteiger partial charge on any atom is -0.268 e. The third-order valence-electron chi connectivity index (χ3n) is 3.98. The summed E-state index contributed by atoms with van der Waals surface area (Å²) < 4.78 is 0. The zero-order chi connectivity index (χ0) is 16.1. The van der Waals surface area contributed by atoms with Crippen LogP contribution in [-0.2, 0) is 0 Å². The fraction of sp³-hybridized carbons (Fsp3) is 0.0556. The lowest BCUT2D eigenvalue weighted by molar-refractivity contribution is 0.0926. The van der Waals surface area contributed by atoms with Crippen LogP contribution in [0.25, 0.3) is 10.9 Å². The lowest BCUT2D eigenvalue weighted by Gasteiger charge is -2.13. The number of carbonyl (C=O) groups excluding carboxylic acids is 2. The molecule has 0 bridgehead atoms. The molecule has 0 unspecified atom stereocenters. The molecule has 3 aromatic rings. The van der Waals surface area contributed by atoms with Gasteiger partial charge in [-0.05, 0) is 37.3 Å². The number of para-hydroxylation sites is 1. The lowest BCUT2D eigenvalue weighted by Crippen LogP contribution is -2.29. The van der Waals surface area contributed by atoms with Crippen molar-refractivity contribution in [2.75, 3.05) is 4.90 Å². The number of rotatable bonds is 1. The Morgan fingerprint density at radius 3 is 2.39 bits per heavy atom. The van der Waals surface area contributed by atoms with Gasteiger partial charge in [0.25, 0.3) is 11.8 Å². The highest BCUT2D eigenvalue weighted by Crippen LogP contribution is 2.35. The second-order valence-corrected chi connectivity index (χ2v) is 5.83. The molecule has 2 heterocycles. The molecular weight excluding hydrogens is 312 g/mol. The normalized spacial score (nSPS) is 13.7. The van der Waals surface area contributed by atoms with E-state index in [2.05, 4.69) is 4.98 Å². The summed E-state index contributed by atoms with van der Waals surface area (Å²) >= 11 is 6.06. The number of aryl methyl sites for hydroxylation is 1. The van der Waals surface area contributed by atoms with Crippen molar-refractivity contribution in [1.82, 2.24) is 4.98 Å². The Balaban J connectivity index is 2.02. The predicted molar refractivity (Wildman–Crippen MR) is 89.1 cm³/mol. The summed E-state index contributed by atoms with van der Waals surface area (Å²) in [7, 11) is 0. The van der Waals surface area contributed by atoms with E-state index in [1.165, 1.54) is 4.90 Å². The summed E-state index contributed by atoms with van der Waals surface area (Å²) in [6.07, 6.45) is 0. The van der Waals surface area contributed by atoms with Crippen LogP contribution in [0.4, 0.5) is 5.69 Å². The third kappa shape index (κ3) is 1.95. The summed E-state index contributed by atoms with van der Waals surface area (Å²) in [4.78, 5) is 31.3. The number of pyridine rings is 1. The number of amides is 2. The van der Waals surface area contributed by atoms with Crippen LogP contribution in [0.1, 0.15) is 26.4 Å². The molecule has 0 N–H and O–H groups in total. The Hall–Kier alpha value is -2.72. The van der Waals surface area contributed by atoms with Gasteiger partial charge < -0.3 is 0 Å². The fourth-order valence-corrected chi connectivity index (χ4v) is 3.14. The third-order valence-corrected chi connectivity index (χ3v) is 4.21. The van der Waals surface area contributed by atoms with Crippen molar-refractivity contribution < 1.29 is 9.59 Å². The minimum absolute atomic E-state index is 0.339. The molecule has 0 aliphatic carbocycles. The predicted octanol–water partition coefficient (Wildman–Crippen LogP) is 4.00. The Kier molecular flexibility index (Phi) is 2.96. The van der Waals surface area contributed by atoms with Crippen molar-refractivity contribution in [2.24, 2.45) is 0 Å². The first-order valence-electron chi connectivity index (χ1n) is 7.11. The van der Waals surface area contributed by atoms with E-state index < -0.39 is 0 Å². The lowest BCUT2D eigenvalue weighted by atomic mass is 10.0. The van der Waals surface area contributed by atoms with E-state index >= 15 is 0 Å². The molecule has 2 aromatic carbocycles. The van der Waals surface area contributed by atoms with E-state index in [-0.39, 0.29) is 11.8 Å². The van der Waals surface area contributed by atoms with E-state index in [4.69, 9.17) is 11.6 Å². The van der Waals surface area contributed by atoms with Crippen LogP contribution in [-0.4, -0.2) is 16.8 Å². The number of hydrogen-bond acceptors (Lipinski definition) is 3. The van der Waals surface area contributed by atoms with E-state index in [1.807, 2.05) is 6.07 Å². The highest BCUT2D eigenvalue weighted by molar-refractivity contribution is 6.38. The maximum Gasteiger partial charge on any atom is 0.268 e. The summed E-state index contributed by atoms with van der Waals surface area (Å²) in [6.45, 7) is 1.74. The monoisotopic (exact) mass is 322 g/mol. The van der Waals surface area contributed by atoms with Gasteiger partial charge in [0.1, 0.15) is 0 Å². The van der Waals surface area contributed by atoms with E-state index in [1.54, 1.807) is 49.4 Å². The maximum absolute atomic E-state index is 12.9. The van der Waals surface area contributed by atoms with Gasteiger partial charge in [0.05, 0.1) is 28.0 Å². The largest absolute Gasteiger partial charge is 0.268 e. The van der Waals surface area contributed by atoms with Crippen LogP contribution in [0.5, 0.6) is 0 Å². The van der Waals surface area contributed by atoms with Gasteiger partial charge in [0.15, 0.2) is 0 Å². The molecule has 0 saturated carbocycles. The van der Waals surface area contributed by atoms with Crippen molar-refractivity contribution in [2.45, 2.75) is 6.92 Å². The Bertz CT molecular complexity index is 983. The Labute approximate surface area is 137 Å². The van der Waals surface area contributed by atoms with Gasteiger partial charge in [0, 0.05) is 10.4 Å². The molecule has 0 atom stereocenters. The van der Waals surface area contributed by atoms with Crippen molar-refractivity contribution in [1.29, 1.82) is 0 Å². The molecule has 1 aliphatic heterocycles.